The van der Waals surface area contributed by atoms with Crippen molar-refractivity contribution in [1.82, 2.24) is 4.98 Å². The van der Waals surface area contributed by atoms with Gasteiger partial charge in [0.25, 0.3) is 0 Å². The van der Waals surface area contributed by atoms with E-state index in [9.17, 15) is 4.79 Å². The summed E-state index contributed by atoms with van der Waals surface area (Å²) in [5.74, 6) is 0.917. The van der Waals surface area contributed by atoms with E-state index in [1.54, 1.807) is 12.4 Å². The summed E-state index contributed by atoms with van der Waals surface area (Å²) in [7, 11) is 0. The second-order valence-corrected chi connectivity index (χ2v) is 4.70. The van der Waals surface area contributed by atoms with Crippen LogP contribution >= 0.6 is 0 Å². The van der Waals surface area contributed by atoms with Gasteiger partial charge in [0, 0.05) is 25.2 Å². The van der Waals surface area contributed by atoms with E-state index in [-0.39, 0.29) is 0 Å². The van der Waals surface area contributed by atoms with Gasteiger partial charge < -0.3 is 0 Å². The molecule has 2 heteroatoms. The molecule has 17 heavy (non-hydrogen) atoms. The standard InChI is InChI=1S/C15H23NO/c1-3-5-7-13(4-2)10-15(17)11-14-8-6-9-16-12-14/h6,8-9,12-13H,3-5,7,10-11H2,1-2H3. The van der Waals surface area contributed by atoms with Crippen molar-refractivity contribution < 1.29 is 4.79 Å². The second-order valence-electron chi connectivity index (χ2n) is 4.70. The van der Waals surface area contributed by atoms with E-state index in [0.29, 0.717) is 18.1 Å². The number of nitrogens with zero attached hydrogens (tertiary/aromatic N) is 1. The van der Waals surface area contributed by atoms with Crippen molar-refractivity contribution in [1.29, 1.82) is 0 Å². The molecule has 0 aliphatic heterocycles. The van der Waals surface area contributed by atoms with E-state index < -0.39 is 0 Å². The zero-order chi connectivity index (χ0) is 12.5. The van der Waals surface area contributed by atoms with Gasteiger partial charge in [0.1, 0.15) is 5.78 Å². The number of hydrogen-bond acceptors (Lipinski definition) is 2. The van der Waals surface area contributed by atoms with Crippen LogP contribution in [-0.4, -0.2) is 10.8 Å². The topological polar surface area (TPSA) is 30.0 Å². The Morgan fingerprint density at radius 3 is 2.82 bits per heavy atom. The molecular weight excluding hydrogens is 210 g/mol. The first-order valence-corrected chi connectivity index (χ1v) is 6.66. The fourth-order valence-corrected chi connectivity index (χ4v) is 2.07. The highest BCUT2D eigenvalue weighted by molar-refractivity contribution is 5.80. The van der Waals surface area contributed by atoms with E-state index in [4.69, 9.17) is 0 Å². The Balaban J connectivity index is 2.37. The molecule has 0 N–H and O–H groups in total. The van der Waals surface area contributed by atoms with E-state index >= 15 is 0 Å². The van der Waals surface area contributed by atoms with E-state index in [1.807, 2.05) is 12.1 Å². The molecular formula is C15H23NO. The zero-order valence-corrected chi connectivity index (χ0v) is 11.0. The maximum Gasteiger partial charge on any atom is 0.137 e. The monoisotopic (exact) mass is 233 g/mol. The lowest BCUT2D eigenvalue weighted by atomic mass is 9.92. The number of Topliss-reactive ketones (excluding diaryl/α,β-unsaturated/α-hetero) is 1. The van der Waals surface area contributed by atoms with Crippen LogP contribution in [0.4, 0.5) is 0 Å². The van der Waals surface area contributed by atoms with Gasteiger partial charge in [-0.15, -0.1) is 0 Å². The maximum atomic E-state index is 11.9. The molecule has 1 heterocycles. The molecule has 0 fully saturated rings. The first-order chi connectivity index (χ1) is 8.26. The molecule has 0 amide bonds. The highest BCUT2D eigenvalue weighted by Crippen LogP contribution is 2.17. The lowest BCUT2D eigenvalue weighted by molar-refractivity contribution is -0.119. The van der Waals surface area contributed by atoms with Crippen molar-refractivity contribution in [2.45, 2.75) is 52.4 Å². The van der Waals surface area contributed by atoms with Gasteiger partial charge in [0.2, 0.25) is 0 Å². The minimum absolute atomic E-state index is 0.348. The molecule has 0 saturated heterocycles. The summed E-state index contributed by atoms with van der Waals surface area (Å²) in [6, 6.07) is 3.86. The van der Waals surface area contributed by atoms with Crippen molar-refractivity contribution in [3.8, 4) is 0 Å². The van der Waals surface area contributed by atoms with Gasteiger partial charge in [-0.1, -0.05) is 45.6 Å². The molecule has 1 rings (SSSR count). The lowest BCUT2D eigenvalue weighted by Gasteiger charge is -2.13. The van der Waals surface area contributed by atoms with E-state index in [1.165, 1.54) is 19.3 Å². The second kappa shape index (κ2) is 7.99. The number of unbranched alkanes of at least 4 members (excludes halogenated alkanes) is 1. The van der Waals surface area contributed by atoms with Crippen molar-refractivity contribution in [2.24, 2.45) is 5.92 Å². The average Bonchev–Trinajstić information content (AvgIpc) is 2.35. The Morgan fingerprint density at radius 2 is 2.24 bits per heavy atom. The first-order valence-electron chi connectivity index (χ1n) is 6.66. The number of hydrogen-bond donors (Lipinski definition) is 0. The van der Waals surface area contributed by atoms with Gasteiger partial charge >= 0.3 is 0 Å². The molecule has 0 bridgehead atoms. The smallest absolute Gasteiger partial charge is 0.137 e. The van der Waals surface area contributed by atoms with Gasteiger partial charge in [-0.2, -0.15) is 0 Å². The normalized spacial score (nSPS) is 12.4. The van der Waals surface area contributed by atoms with Crippen LogP contribution in [0.1, 0.15) is 51.5 Å². The van der Waals surface area contributed by atoms with Gasteiger partial charge in [-0.25, -0.2) is 0 Å². The van der Waals surface area contributed by atoms with Crippen molar-refractivity contribution in [3.63, 3.8) is 0 Å². The number of aromatic nitrogens is 1. The van der Waals surface area contributed by atoms with Crippen LogP contribution < -0.4 is 0 Å². The largest absolute Gasteiger partial charge is 0.299 e. The Kier molecular flexibility index (Phi) is 6.53. The number of carbonyl (C=O) groups is 1. The molecule has 1 unspecified atom stereocenters. The summed E-state index contributed by atoms with van der Waals surface area (Å²) >= 11 is 0. The molecule has 0 aliphatic carbocycles. The molecule has 0 spiro atoms. The maximum absolute atomic E-state index is 11.9. The predicted octanol–water partition coefficient (Wildman–Crippen LogP) is 3.80. The van der Waals surface area contributed by atoms with Crippen molar-refractivity contribution >= 4 is 5.78 Å². The number of rotatable bonds is 8. The molecule has 1 atom stereocenters. The SMILES string of the molecule is CCCCC(CC)CC(=O)Cc1cccnc1. The Bertz CT molecular complexity index is 321. The third-order valence-corrected chi connectivity index (χ3v) is 3.18. The summed E-state index contributed by atoms with van der Waals surface area (Å²) in [5.41, 5.74) is 1.03. The van der Waals surface area contributed by atoms with Gasteiger partial charge in [-0.05, 0) is 17.5 Å². The van der Waals surface area contributed by atoms with Gasteiger partial charge in [-0.3, -0.25) is 9.78 Å². The zero-order valence-electron chi connectivity index (χ0n) is 11.0. The number of ketones is 1. The summed E-state index contributed by atoms with van der Waals surface area (Å²) < 4.78 is 0. The van der Waals surface area contributed by atoms with Crippen molar-refractivity contribution in [3.05, 3.63) is 30.1 Å². The third-order valence-electron chi connectivity index (χ3n) is 3.18. The summed E-state index contributed by atoms with van der Waals surface area (Å²) in [5, 5.41) is 0. The van der Waals surface area contributed by atoms with Crippen LogP contribution in [0.15, 0.2) is 24.5 Å². The third kappa shape index (κ3) is 5.62. The molecule has 0 aromatic carbocycles. The fourth-order valence-electron chi connectivity index (χ4n) is 2.07. The number of carbonyl (C=O) groups excluding carboxylic acids is 1. The Labute approximate surface area is 104 Å². The fraction of sp³-hybridized carbons (Fsp3) is 0.600. The minimum atomic E-state index is 0.348. The van der Waals surface area contributed by atoms with Crippen LogP contribution in [0.25, 0.3) is 0 Å². The molecule has 0 saturated carbocycles. The van der Waals surface area contributed by atoms with Crippen molar-refractivity contribution in [2.75, 3.05) is 0 Å². The van der Waals surface area contributed by atoms with Crippen LogP contribution in [0.2, 0.25) is 0 Å². The molecule has 1 aromatic heterocycles. The average molecular weight is 233 g/mol. The highest BCUT2D eigenvalue weighted by Gasteiger charge is 2.12. The van der Waals surface area contributed by atoms with Crippen LogP contribution in [0.5, 0.6) is 0 Å². The predicted molar refractivity (Wildman–Crippen MR) is 70.9 cm³/mol. The first kappa shape index (κ1) is 13.9. The molecule has 94 valence electrons. The molecule has 2 nitrogen and oxygen atoms in total. The van der Waals surface area contributed by atoms with Gasteiger partial charge in [0.15, 0.2) is 0 Å². The molecule has 0 aliphatic rings. The highest BCUT2D eigenvalue weighted by atomic mass is 16.1. The quantitative estimate of drug-likeness (QED) is 0.683. The Morgan fingerprint density at radius 1 is 1.41 bits per heavy atom. The molecule has 1 aromatic rings. The van der Waals surface area contributed by atoms with Crippen LogP contribution in [-0.2, 0) is 11.2 Å². The Hall–Kier alpha value is -1.18. The van der Waals surface area contributed by atoms with Crippen LogP contribution in [0, 0.1) is 5.92 Å². The molecule has 0 radical (unpaired) electrons. The summed E-state index contributed by atoms with van der Waals surface area (Å²) in [6.45, 7) is 4.38. The summed E-state index contributed by atoms with van der Waals surface area (Å²) in [6.07, 6.45) is 9.54. The van der Waals surface area contributed by atoms with Gasteiger partial charge in [0.05, 0.1) is 0 Å². The number of pyridine rings is 1. The van der Waals surface area contributed by atoms with E-state index in [2.05, 4.69) is 18.8 Å². The minimum Gasteiger partial charge on any atom is -0.299 e. The van der Waals surface area contributed by atoms with Crippen LogP contribution in [0.3, 0.4) is 0 Å². The van der Waals surface area contributed by atoms with E-state index in [0.717, 1.165) is 18.4 Å². The summed E-state index contributed by atoms with van der Waals surface area (Å²) in [4.78, 5) is 16.0. The lowest BCUT2D eigenvalue weighted by Crippen LogP contribution is -2.10.